The second kappa shape index (κ2) is 4.53. The minimum atomic E-state index is 0.963. The maximum absolute atomic E-state index is 4.19. The largest absolute Gasteiger partial charge is 0.206 e. The molecule has 0 saturated carbocycles. The van der Waals surface area contributed by atoms with E-state index in [0.29, 0.717) is 0 Å². The summed E-state index contributed by atoms with van der Waals surface area (Å²) in [6, 6.07) is 9.87. The Morgan fingerprint density at radius 2 is 2.00 bits per heavy atom. The van der Waals surface area contributed by atoms with Gasteiger partial charge in [0, 0.05) is 0 Å². The van der Waals surface area contributed by atoms with Crippen LogP contribution in [0, 0.1) is 0 Å². The Bertz CT molecular complexity index is 292. The van der Waals surface area contributed by atoms with E-state index in [-0.39, 0.29) is 0 Å². The highest BCUT2D eigenvalue weighted by molar-refractivity contribution is 5.62. The van der Waals surface area contributed by atoms with Crippen LogP contribution in [-0.2, 0) is 0 Å². The fourth-order valence-corrected chi connectivity index (χ4v) is 0.742. The second-order valence-corrected chi connectivity index (χ2v) is 2.69. The van der Waals surface area contributed by atoms with Crippen molar-refractivity contribution in [1.82, 2.24) is 0 Å². The van der Waals surface area contributed by atoms with E-state index in [9.17, 15) is 0 Å². The lowest BCUT2D eigenvalue weighted by molar-refractivity contribution is 1.12. The lowest BCUT2D eigenvalue weighted by Crippen LogP contribution is -1.70. The molecule has 12 heavy (non-hydrogen) atoms. The third kappa shape index (κ3) is 2.73. The number of rotatable bonds is 2. The van der Waals surface area contributed by atoms with Gasteiger partial charge in [-0.2, -0.15) is 0 Å². The van der Waals surface area contributed by atoms with Gasteiger partial charge in [-0.25, -0.2) is 4.99 Å². The first-order valence-corrected chi connectivity index (χ1v) is 4.17. The third-order valence-electron chi connectivity index (χ3n) is 1.66. The first-order chi connectivity index (χ1) is 5.83. The Labute approximate surface area is 73.5 Å². The quantitative estimate of drug-likeness (QED) is 0.587. The van der Waals surface area contributed by atoms with Crippen LogP contribution in [0.5, 0.6) is 0 Å². The molecule has 0 saturated heterocycles. The highest BCUT2D eigenvalue weighted by Gasteiger charge is 1.82. The number of benzene rings is 1. The summed E-state index contributed by atoms with van der Waals surface area (Å²) in [5.41, 5.74) is 2.14. The van der Waals surface area contributed by atoms with Crippen LogP contribution in [0.25, 0.3) is 0 Å². The summed E-state index contributed by atoms with van der Waals surface area (Å²) >= 11 is 0. The molecule has 1 heteroatoms. The molecular weight excluding hydrogens is 146 g/mol. The number of hydrogen-bond acceptors (Lipinski definition) is 1. The van der Waals surface area contributed by atoms with E-state index >= 15 is 0 Å². The van der Waals surface area contributed by atoms with Gasteiger partial charge in [-0.15, -0.1) is 0 Å². The lowest BCUT2D eigenvalue weighted by Gasteiger charge is -1.88. The number of hydrogen-bond donors (Lipinski definition) is 0. The fourth-order valence-electron chi connectivity index (χ4n) is 0.742. The van der Waals surface area contributed by atoms with Crippen LogP contribution >= 0.6 is 0 Å². The van der Waals surface area contributed by atoms with E-state index in [4.69, 9.17) is 0 Å². The minimum Gasteiger partial charge on any atom is -0.206 e. The molecule has 62 valence electrons. The van der Waals surface area contributed by atoms with Crippen molar-refractivity contribution < 1.29 is 0 Å². The Hall–Kier alpha value is -1.33. The van der Waals surface area contributed by atoms with Crippen molar-refractivity contribution in [2.45, 2.75) is 20.3 Å². The molecule has 0 fully saturated rings. The summed E-state index contributed by atoms with van der Waals surface area (Å²) in [6.45, 7) is 4.13. The van der Waals surface area contributed by atoms with E-state index in [2.05, 4.69) is 17.8 Å². The van der Waals surface area contributed by atoms with Crippen molar-refractivity contribution >= 4 is 11.6 Å². The molecule has 0 aromatic heterocycles. The van der Waals surface area contributed by atoms with Crippen LogP contribution < -0.4 is 0 Å². The predicted octanol–water partition coefficient (Wildman–Crippen LogP) is 3.34. The van der Waals surface area contributed by atoms with Crippen molar-refractivity contribution in [2.75, 3.05) is 0 Å². The molecule has 0 atom stereocenters. The minimum absolute atomic E-state index is 0.963. The molecule has 0 bridgehead atoms. The van der Waals surface area contributed by atoms with Gasteiger partial charge in [0.25, 0.3) is 0 Å². The molecule has 0 aliphatic heterocycles. The van der Waals surface area contributed by atoms with Crippen LogP contribution in [0.4, 0.5) is 5.69 Å². The molecule has 1 rings (SSSR count). The number of para-hydroxylation sites is 1. The molecular formula is C11H13N. The molecule has 0 radical (unpaired) electrons. The normalized spacial score (nSPS) is 8.83. The van der Waals surface area contributed by atoms with Gasteiger partial charge in [0.2, 0.25) is 0 Å². The van der Waals surface area contributed by atoms with Gasteiger partial charge in [0.1, 0.15) is 0 Å². The molecule has 0 amide bonds. The van der Waals surface area contributed by atoms with Crippen LogP contribution in [0.1, 0.15) is 20.3 Å². The molecule has 1 aromatic carbocycles. The highest BCUT2D eigenvalue weighted by Crippen LogP contribution is 2.08. The molecule has 0 aliphatic carbocycles. The Kier molecular flexibility index (Phi) is 3.31. The van der Waals surface area contributed by atoms with Crippen LogP contribution in [0.15, 0.2) is 40.9 Å². The number of allylic oxidation sites excluding steroid dienone is 1. The van der Waals surface area contributed by atoms with Crippen LogP contribution in [-0.4, -0.2) is 5.87 Å². The zero-order chi connectivity index (χ0) is 8.81. The van der Waals surface area contributed by atoms with Gasteiger partial charge < -0.3 is 0 Å². The molecule has 0 spiro atoms. The van der Waals surface area contributed by atoms with E-state index in [1.807, 2.05) is 37.3 Å². The van der Waals surface area contributed by atoms with E-state index in [1.165, 1.54) is 5.57 Å². The fraction of sp³-hybridized carbons (Fsp3) is 0.273. The average Bonchev–Trinajstić information content (AvgIpc) is 2.16. The smallest absolute Gasteiger partial charge is 0.0729 e. The first kappa shape index (κ1) is 8.76. The summed E-state index contributed by atoms with van der Waals surface area (Å²) in [5, 5.41) is 0. The standard InChI is InChI=1S/C11H13N/c1-3-10(2)9-12-11-7-5-4-6-8-11/h4-8H,3H2,1-2H3. The maximum Gasteiger partial charge on any atom is 0.0729 e. The first-order valence-electron chi connectivity index (χ1n) is 4.17. The van der Waals surface area contributed by atoms with E-state index < -0.39 is 0 Å². The second-order valence-electron chi connectivity index (χ2n) is 2.69. The van der Waals surface area contributed by atoms with Gasteiger partial charge in [-0.1, -0.05) is 25.1 Å². The summed E-state index contributed by atoms with van der Waals surface area (Å²) in [5.74, 6) is 2.99. The molecule has 0 aliphatic rings. The summed E-state index contributed by atoms with van der Waals surface area (Å²) in [6.07, 6.45) is 1.01. The van der Waals surface area contributed by atoms with Crippen molar-refractivity contribution in [1.29, 1.82) is 0 Å². The Morgan fingerprint density at radius 3 is 2.58 bits per heavy atom. The Morgan fingerprint density at radius 1 is 1.33 bits per heavy atom. The van der Waals surface area contributed by atoms with Crippen LogP contribution in [0.3, 0.4) is 0 Å². The lowest BCUT2D eigenvalue weighted by atomic mass is 10.3. The maximum atomic E-state index is 4.19. The van der Waals surface area contributed by atoms with Crippen molar-refractivity contribution in [3.05, 3.63) is 35.9 Å². The molecule has 0 heterocycles. The summed E-state index contributed by atoms with van der Waals surface area (Å²) in [7, 11) is 0. The van der Waals surface area contributed by atoms with Crippen LogP contribution in [0.2, 0.25) is 0 Å². The average molecular weight is 159 g/mol. The van der Waals surface area contributed by atoms with E-state index in [1.54, 1.807) is 0 Å². The van der Waals surface area contributed by atoms with Crippen molar-refractivity contribution in [2.24, 2.45) is 4.99 Å². The molecule has 0 unspecified atom stereocenters. The summed E-state index contributed by atoms with van der Waals surface area (Å²) in [4.78, 5) is 4.19. The molecule has 1 aromatic rings. The number of nitrogens with zero attached hydrogens (tertiary/aromatic N) is 1. The van der Waals surface area contributed by atoms with E-state index in [0.717, 1.165) is 12.1 Å². The van der Waals surface area contributed by atoms with Gasteiger partial charge in [0.15, 0.2) is 0 Å². The summed E-state index contributed by atoms with van der Waals surface area (Å²) < 4.78 is 0. The SMILES string of the molecule is CCC(C)=C=Nc1ccccc1. The van der Waals surface area contributed by atoms with Gasteiger partial charge in [-0.05, 0) is 36.9 Å². The molecule has 0 N–H and O–H groups in total. The van der Waals surface area contributed by atoms with Crippen molar-refractivity contribution in [3.63, 3.8) is 0 Å². The molecule has 1 nitrogen and oxygen atoms in total. The highest BCUT2D eigenvalue weighted by atomic mass is 14.7. The Balaban J connectivity index is 2.83. The monoisotopic (exact) mass is 159 g/mol. The van der Waals surface area contributed by atoms with Gasteiger partial charge in [-0.3, -0.25) is 0 Å². The third-order valence-corrected chi connectivity index (χ3v) is 1.66. The zero-order valence-electron chi connectivity index (χ0n) is 7.54. The predicted molar refractivity (Wildman–Crippen MR) is 53.0 cm³/mol. The topological polar surface area (TPSA) is 12.4 Å². The van der Waals surface area contributed by atoms with Gasteiger partial charge >= 0.3 is 0 Å². The van der Waals surface area contributed by atoms with Gasteiger partial charge in [0.05, 0.1) is 5.69 Å². The number of aliphatic imine (C=N–C) groups is 1. The zero-order valence-corrected chi connectivity index (χ0v) is 7.54. The van der Waals surface area contributed by atoms with Crippen molar-refractivity contribution in [3.8, 4) is 0 Å².